The summed E-state index contributed by atoms with van der Waals surface area (Å²) < 4.78 is 0. The number of nitrogens with zero attached hydrogens (tertiary/aromatic N) is 1. The van der Waals surface area contributed by atoms with Crippen LogP contribution in [0.4, 0.5) is 0 Å². The van der Waals surface area contributed by atoms with Crippen molar-refractivity contribution in [3.05, 3.63) is 21.4 Å². The summed E-state index contributed by atoms with van der Waals surface area (Å²) in [6.07, 6.45) is 0.939. The van der Waals surface area contributed by atoms with Crippen molar-refractivity contribution in [2.45, 2.75) is 27.2 Å². The first-order valence-electron chi connectivity index (χ1n) is 6.55. The largest absolute Gasteiger partial charge is 0.481 e. The minimum absolute atomic E-state index is 0.0432. The van der Waals surface area contributed by atoms with Gasteiger partial charge in [0.1, 0.15) is 0 Å². The zero-order valence-electron chi connectivity index (χ0n) is 11.5. The minimum Gasteiger partial charge on any atom is -0.481 e. The van der Waals surface area contributed by atoms with Gasteiger partial charge in [0, 0.05) is 23.9 Å². The van der Waals surface area contributed by atoms with Gasteiger partial charge in [0.15, 0.2) is 0 Å². The summed E-state index contributed by atoms with van der Waals surface area (Å²) >= 11 is 1.53. The van der Waals surface area contributed by atoms with Crippen LogP contribution in [-0.4, -0.2) is 35.0 Å². The molecule has 0 saturated carbocycles. The van der Waals surface area contributed by atoms with Crippen LogP contribution in [0.5, 0.6) is 0 Å². The topological polar surface area (TPSA) is 57.6 Å². The highest BCUT2D eigenvalue weighted by molar-refractivity contribution is 7.14. The normalized spacial score (nSPS) is 17.1. The number of carbonyl (C=O) groups is 2. The number of carbonyl (C=O) groups excluding carboxylic acids is 1. The maximum absolute atomic E-state index is 12.2. The summed E-state index contributed by atoms with van der Waals surface area (Å²) in [5.41, 5.74) is 1.23. The van der Waals surface area contributed by atoms with Crippen molar-refractivity contribution < 1.29 is 14.7 Å². The van der Waals surface area contributed by atoms with Crippen molar-refractivity contribution in [1.82, 2.24) is 4.90 Å². The molecule has 0 spiro atoms. The Hall–Kier alpha value is -1.36. The SMILES string of the molecule is CCc1cc(C(=O)N2CC(C(C)C(=O)O)C2)sc1C. The fourth-order valence-corrected chi connectivity index (χ4v) is 3.41. The number of aliphatic carboxylic acids is 1. The highest BCUT2D eigenvalue weighted by atomic mass is 32.1. The van der Waals surface area contributed by atoms with Crippen LogP contribution in [0.2, 0.25) is 0 Å². The van der Waals surface area contributed by atoms with Crippen LogP contribution in [0, 0.1) is 18.8 Å². The van der Waals surface area contributed by atoms with Gasteiger partial charge in [-0.2, -0.15) is 0 Å². The molecule has 19 heavy (non-hydrogen) atoms. The third kappa shape index (κ3) is 2.66. The predicted molar refractivity (Wildman–Crippen MR) is 74.6 cm³/mol. The molecule has 1 unspecified atom stereocenters. The summed E-state index contributed by atoms with van der Waals surface area (Å²) in [5.74, 6) is -1.02. The van der Waals surface area contributed by atoms with Crippen molar-refractivity contribution in [1.29, 1.82) is 0 Å². The van der Waals surface area contributed by atoms with E-state index in [1.165, 1.54) is 21.8 Å². The van der Waals surface area contributed by atoms with Crippen LogP contribution in [-0.2, 0) is 11.2 Å². The molecule has 0 aromatic carbocycles. The first-order valence-corrected chi connectivity index (χ1v) is 7.37. The molecule has 1 aromatic rings. The number of thiophene rings is 1. The number of hydrogen-bond acceptors (Lipinski definition) is 3. The zero-order valence-corrected chi connectivity index (χ0v) is 12.3. The Balaban J connectivity index is 1.98. The molecule has 5 heteroatoms. The molecule has 1 amide bonds. The van der Waals surface area contributed by atoms with E-state index >= 15 is 0 Å². The molecule has 1 N–H and O–H groups in total. The van der Waals surface area contributed by atoms with Gasteiger partial charge in [0.05, 0.1) is 10.8 Å². The van der Waals surface area contributed by atoms with E-state index in [0.29, 0.717) is 13.1 Å². The van der Waals surface area contributed by atoms with E-state index in [9.17, 15) is 9.59 Å². The average Bonchev–Trinajstić information content (AvgIpc) is 2.68. The van der Waals surface area contributed by atoms with Gasteiger partial charge in [0.2, 0.25) is 0 Å². The number of carboxylic acid groups (broad SMARTS) is 1. The molecule has 1 saturated heterocycles. The lowest BCUT2D eigenvalue weighted by molar-refractivity contribution is -0.144. The predicted octanol–water partition coefficient (Wildman–Crippen LogP) is 2.41. The summed E-state index contributed by atoms with van der Waals surface area (Å²) in [6, 6.07) is 1.97. The van der Waals surface area contributed by atoms with Gasteiger partial charge >= 0.3 is 5.97 Å². The van der Waals surface area contributed by atoms with Crippen LogP contribution in [0.1, 0.15) is 34.0 Å². The molecule has 4 nitrogen and oxygen atoms in total. The molecule has 0 radical (unpaired) electrons. The van der Waals surface area contributed by atoms with Gasteiger partial charge in [-0.25, -0.2) is 0 Å². The van der Waals surface area contributed by atoms with Crippen molar-refractivity contribution >= 4 is 23.2 Å². The molecule has 0 aliphatic carbocycles. The van der Waals surface area contributed by atoms with Crippen molar-refractivity contribution in [3.8, 4) is 0 Å². The molecule has 104 valence electrons. The number of aryl methyl sites for hydroxylation is 2. The Morgan fingerprint density at radius 2 is 2.16 bits per heavy atom. The monoisotopic (exact) mass is 281 g/mol. The first kappa shape index (κ1) is 14.1. The minimum atomic E-state index is -0.780. The van der Waals surface area contributed by atoms with Crippen molar-refractivity contribution in [2.24, 2.45) is 11.8 Å². The van der Waals surface area contributed by atoms with Gasteiger partial charge in [-0.15, -0.1) is 11.3 Å². The van der Waals surface area contributed by atoms with Crippen molar-refractivity contribution in [2.75, 3.05) is 13.1 Å². The molecular weight excluding hydrogens is 262 g/mol. The van der Waals surface area contributed by atoms with Crippen LogP contribution in [0.3, 0.4) is 0 Å². The summed E-state index contributed by atoms with van der Waals surface area (Å²) in [5, 5.41) is 8.93. The Bertz CT molecular complexity index is 503. The molecule has 1 aliphatic heterocycles. The maximum atomic E-state index is 12.2. The van der Waals surface area contributed by atoms with E-state index in [0.717, 1.165) is 11.3 Å². The summed E-state index contributed by atoms with van der Waals surface area (Å²) in [4.78, 5) is 26.8. The van der Waals surface area contributed by atoms with E-state index in [2.05, 4.69) is 6.92 Å². The van der Waals surface area contributed by atoms with E-state index in [1.54, 1.807) is 11.8 Å². The third-order valence-electron chi connectivity index (χ3n) is 3.91. The molecule has 1 atom stereocenters. The molecule has 0 bridgehead atoms. The molecule has 1 aromatic heterocycles. The first-order chi connectivity index (χ1) is 8.93. The average molecular weight is 281 g/mol. The number of carboxylic acids is 1. The molecule has 2 heterocycles. The molecule has 2 rings (SSSR count). The Morgan fingerprint density at radius 3 is 2.63 bits per heavy atom. The number of amides is 1. The second-order valence-electron chi connectivity index (χ2n) is 5.14. The fourth-order valence-electron chi connectivity index (χ4n) is 2.33. The highest BCUT2D eigenvalue weighted by Gasteiger charge is 2.37. The van der Waals surface area contributed by atoms with Crippen LogP contribution < -0.4 is 0 Å². The molecule has 1 aliphatic rings. The van der Waals surface area contributed by atoms with E-state index in [4.69, 9.17) is 5.11 Å². The number of likely N-dealkylation sites (tertiary alicyclic amines) is 1. The summed E-state index contributed by atoms with van der Waals surface area (Å²) in [7, 11) is 0. The fraction of sp³-hybridized carbons (Fsp3) is 0.571. The highest BCUT2D eigenvalue weighted by Crippen LogP contribution is 2.29. The quantitative estimate of drug-likeness (QED) is 0.922. The van der Waals surface area contributed by atoms with E-state index in [-0.39, 0.29) is 17.7 Å². The Morgan fingerprint density at radius 1 is 1.53 bits per heavy atom. The van der Waals surface area contributed by atoms with E-state index in [1.807, 2.05) is 13.0 Å². The van der Waals surface area contributed by atoms with Crippen LogP contribution in [0.15, 0.2) is 6.07 Å². The van der Waals surface area contributed by atoms with Crippen LogP contribution in [0.25, 0.3) is 0 Å². The van der Waals surface area contributed by atoms with E-state index < -0.39 is 5.97 Å². The smallest absolute Gasteiger partial charge is 0.306 e. The maximum Gasteiger partial charge on any atom is 0.306 e. The standard InChI is InChI=1S/C14H19NO3S/c1-4-10-5-12(19-9(10)3)13(16)15-6-11(7-15)8(2)14(17)18/h5,8,11H,4,6-7H2,1-3H3,(H,17,18). The number of hydrogen-bond donors (Lipinski definition) is 1. The molecule has 1 fully saturated rings. The Kier molecular flexibility index (Phi) is 3.94. The van der Waals surface area contributed by atoms with Gasteiger partial charge in [0.25, 0.3) is 5.91 Å². The van der Waals surface area contributed by atoms with Gasteiger partial charge in [-0.05, 0) is 25.0 Å². The lowest BCUT2D eigenvalue weighted by Gasteiger charge is -2.41. The summed E-state index contributed by atoms with van der Waals surface area (Å²) in [6.45, 7) is 6.94. The van der Waals surface area contributed by atoms with Crippen LogP contribution >= 0.6 is 11.3 Å². The third-order valence-corrected chi connectivity index (χ3v) is 4.99. The van der Waals surface area contributed by atoms with Crippen molar-refractivity contribution in [3.63, 3.8) is 0 Å². The number of rotatable bonds is 4. The van der Waals surface area contributed by atoms with Gasteiger partial charge in [-0.3, -0.25) is 9.59 Å². The zero-order chi connectivity index (χ0) is 14.2. The lowest BCUT2D eigenvalue weighted by Crippen LogP contribution is -2.53. The second kappa shape index (κ2) is 5.33. The lowest BCUT2D eigenvalue weighted by atomic mass is 9.87. The Labute approximate surface area is 117 Å². The van der Waals surface area contributed by atoms with Gasteiger partial charge in [-0.1, -0.05) is 13.8 Å². The molecular formula is C14H19NO3S. The second-order valence-corrected chi connectivity index (χ2v) is 6.40. The van der Waals surface area contributed by atoms with Gasteiger partial charge < -0.3 is 10.0 Å².